The van der Waals surface area contributed by atoms with E-state index in [0.717, 1.165) is 37.1 Å². The summed E-state index contributed by atoms with van der Waals surface area (Å²) in [4.78, 5) is 5.25. The van der Waals surface area contributed by atoms with E-state index in [9.17, 15) is 0 Å². The van der Waals surface area contributed by atoms with E-state index < -0.39 is 0 Å². The molecule has 0 aliphatic heterocycles. The van der Waals surface area contributed by atoms with Crippen LogP contribution in [0.5, 0.6) is 0 Å². The van der Waals surface area contributed by atoms with Crippen molar-refractivity contribution in [3.63, 3.8) is 0 Å². The Labute approximate surface area is 122 Å². The molecule has 0 spiro atoms. The fraction of sp³-hybridized carbons (Fsp3) is 0.562. The Bertz CT molecular complexity index is 387. The summed E-state index contributed by atoms with van der Waals surface area (Å²) >= 11 is 0. The molecule has 0 fully saturated rings. The van der Waals surface area contributed by atoms with Crippen LogP contribution >= 0.6 is 0 Å². The highest BCUT2D eigenvalue weighted by Gasteiger charge is 2.04. The molecule has 1 aromatic rings. The molecule has 0 amide bonds. The molecule has 0 saturated heterocycles. The van der Waals surface area contributed by atoms with E-state index in [1.165, 1.54) is 18.4 Å². The van der Waals surface area contributed by atoms with Crippen molar-refractivity contribution in [1.29, 1.82) is 0 Å². The van der Waals surface area contributed by atoms with Crippen LogP contribution in [0.2, 0.25) is 0 Å². The minimum absolute atomic E-state index is 0.461. The zero-order chi connectivity index (χ0) is 14.6. The molecule has 4 heteroatoms. The normalized spacial score (nSPS) is 11.7. The summed E-state index contributed by atoms with van der Waals surface area (Å²) in [5.41, 5.74) is 14.3. The van der Waals surface area contributed by atoms with Crippen molar-refractivity contribution in [2.45, 2.75) is 39.0 Å². The van der Waals surface area contributed by atoms with Crippen LogP contribution in [0.3, 0.4) is 0 Å². The maximum atomic E-state index is 5.50. The molecular formula is C16H27N3O. The molecular weight excluding hydrogens is 250 g/mol. The fourth-order valence-electron chi connectivity index (χ4n) is 1.96. The quantitative estimate of drug-likeness (QED) is 0.392. The summed E-state index contributed by atoms with van der Waals surface area (Å²) < 4.78 is 0. The fourth-order valence-corrected chi connectivity index (χ4v) is 1.96. The Morgan fingerprint density at radius 1 is 1.00 bits per heavy atom. The van der Waals surface area contributed by atoms with Crippen molar-refractivity contribution >= 4 is 5.71 Å². The molecule has 1 rings (SSSR count). The molecule has 0 bridgehead atoms. The number of aryl methyl sites for hydroxylation is 1. The van der Waals surface area contributed by atoms with Gasteiger partial charge in [0.2, 0.25) is 0 Å². The largest absolute Gasteiger partial charge is 0.394 e. The van der Waals surface area contributed by atoms with Gasteiger partial charge in [0.15, 0.2) is 0 Å². The van der Waals surface area contributed by atoms with Gasteiger partial charge in [0.05, 0.1) is 5.71 Å². The minimum Gasteiger partial charge on any atom is -0.394 e. The molecule has 0 unspecified atom stereocenters. The highest BCUT2D eigenvalue weighted by Crippen LogP contribution is 2.12. The van der Waals surface area contributed by atoms with Crippen LogP contribution < -0.4 is 11.5 Å². The molecule has 20 heavy (non-hydrogen) atoms. The second kappa shape index (κ2) is 10.4. The highest BCUT2D eigenvalue weighted by molar-refractivity contribution is 6.00. The van der Waals surface area contributed by atoms with Gasteiger partial charge in [0.1, 0.15) is 6.61 Å². The standard InChI is InChI=1S/C16H27N3O/c1-14-7-9-15(10-8-14)16(19-20-13-12-18)6-4-2-3-5-11-17/h7-10H,2-6,11-13,17-18H2,1H3/b19-16-. The monoisotopic (exact) mass is 277 g/mol. The third kappa shape index (κ3) is 6.68. The van der Waals surface area contributed by atoms with Gasteiger partial charge in [0, 0.05) is 6.54 Å². The summed E-state index contributed by atoms with van der Waals surface area (Å²) in [5, 5.41) is 4.24. The maximum Gasteiger partial charge on any atom is 0.129 e. The van der Waals surface area contributed by atoms with Gasteiger partial charge in [-0.3, -0.25) is 0 Å². The number of benzene rings is 1. The second-order valence-corrected chi connectivity index (χ2v) is 4.98. The number of nitrogens with two attached hydrogens (primary N) is 2. The first-order valence-electron chi connectivity index (χ1n) is 7.44. The van der Waals surface area contributed by atoms with Crippen molar-refractivity contribution in [2.75, 3.05) is 19.7 Å². The molecule has 0 atom stereocenters. The number of hydrogen-bond acceptors (Lipinski definition) is 4. The zero-order valence-electron chi connectivity index (χ0n) is 12.5. The number of nitrogens with zero attached hydrogens (tertiary/aromatic N) is 1. The Hall–Kier alpha value is -1.39. The zero-order valence-corrected chi connectivity index (χ0v) is 12.5. The van der Waals surface area contributed by atoms with Crippen LogP contribution in [0, 0.1) is 6.92 Å². The first-order valence-corrected chi connectivity index (χ1v) is 7.44. The summed E-state index contributed by atoms with van der Waals surface area (Å²) in [6.07, 6.45) is 5.50. The first-order chi connectivity index (χ1) is 9.77. The predicted molar refractivity (Wildman–Crippen MR) is 84.9 cm³/mol. The Kier molecular flexibility index (Phi) is 8.67. The van der Waals surface area contributed by atoms with Gasteiger partial charge in [-0.15, -0.1) is 0 Å². The van der Waals surface area contributed by atoms with Crippen LogP contribution in [-0.4, -0.2) is 25.4 Å². The second-order valence-electron chi connectivity index (χ2n) is 4.98. The van der Waals surface area contributed by atoms with Gasteiger partial charge in [-0.1, -0.05) is 47.8 Å². The van der Waals surface area contributed by atoms with Crippen molar-refractivity contribution in [3.05, 3.63) is 35.4 Å². The summed E-state index contributed by atoms with van der Waals surface area (Å²) in [7, 11) is 0. The van der Waals surface area contributed by atoms with Gasteiger partial charge < -0.3 is 16.3 Å². The SMILES string of the molecule is Cc1ccc(/C(CCCCCCN)=N\OCCN)cc1. The average molecular weight is 277 g/mol. The van der Waals surface area contributed by atoms with Gasteiger partial charge in [-0.25, -0.2) is 0 Å². The van der Waals surface area contributed by atoms with Crippen LogP contribution in [0.15, 0.2) is 29.4 Å². The first kappa shape index (κ1) is 16.7. The molecule has 0 heterocycles. The smallest absolute Gasteiger partial charge is 0.129 e. The van der Waals surface area contributed by atoms with Gasteiger partial charge >= 0.3 is 0 Å². The number of oxime groups is 1. The molecule has 0 aliphatic rings. The maximum absolute atomic E-state index is 5.50. The van der Waals surface area contributed by atoms with E-state index in [1.54, 1.807) is 0 Å². The predicted octanol–water partition coefficient (Wildman–Crippen LogP) is 2.58. The topological polar surface area (TPSA) is 73.6 Å². The lowest BCUT2D eigenvalue weighted by Gasteiger charge is -2.07. The van der Waals surface area contributed by atoms with Crippen LogP contribution in [0.1, 0.15) is 43.2 Å². The summed E-state index contributed by atoms with van der Waals surface area (Å²) in [6.45, 7) is 3.81. The average Bonchev–Trinajstić information content (AvgIpc) is 2.46. The molecule has 1 aromatic carbocycles. The molecule has 112 valence electrons. The molecule has 0 radical (unpaired) electrons. The van der Waals surface area contributed by atoms with Crippen LogP contribution in [-0.2, 0) is 4.84 Å². The van der Waals surface area contributed by atoms with E-state index in [2.05, 4.69) is 36.3 Å². The van der Waals surface area contributed by atoms with E-state index in [0.29, 0.717) is 13.2 Å². The molecule has 0 aromatic heterocycles. The lowest BCUT2D eigenvalue weighted by atomic mass is 10.0. The van der Waals surface area contributed by atoms with E-state index in [-0.39, 0.29) is 0 Å². The number of hydrogen-bond donors (Lipinski definition) is 2. The molecule has 4 N–H and O–H groups in total. The van der Waals surface area contributed by atoms with Crippen LogP contribution in [0.4, 0.5) is 0 Å². The molecule has 0 saturated carbocycles. The minimum atomic E-state index is 0.461. The van der Waals surface area contributed by atoms with Gasteiger partial charge in [0.25, 0.3) is 0 Å². The summed E-state index contributed by atoms with van der Waals surface area (Å²) in [6, 6.07) is 8.39. The lowest BCUT2D eigenvalue weighted by molar-refractivity contribution is 0.151. The lowest BCUT2D eigenvalue weighted by Crippen LogP contribution is -2.08. The Balaban J connectivity index is 2.56. The Morgan fingerprint density at radius 2 is 1.70 bits per heavy atom. The van der Waals surface area contributed by atoms with Crippen molar-refractivity contribution in [2.24, 2.45) is 16.6 Å². The molecule has 4 nitrogen and oxygen atoms in total. The summed E-state index contributed by atoms with van der Waals surface area (Å²) in [5.74, 6) is 0. The van der Waals surface area contributed by atoms with E-state index in [4.69, 9.17) is 16.3 Å². The van der Waals surface area contributed by atoms with Crippen molar-refractivity contribution in [1.82, 2.24) is 0 Å². The molecule has 0 aliphatic carbocycles. The van der Waals surface area contributed by atoms with Crippen molar-refractivity contribution < 1.29 is 4.84 Å². The van der Waals surface area contributed by atoms with Crippen molar-refractivity contribution in [3.8, 4) is 0 Å². The van der Waals surface area contributed by atoms with E-state index in [1.807, 2.05) is 0 Å². The van der Waals surface area contributed by atoms with Gasteiger partial charge in [-0.2, -0.15) is 0 Å². The third-order valence-corrected chi connectivity index (χ3v) is 3.14. The highest BCUT2D eigenvalue weighted by atomic mass is 16.6. The number of unbranched alkanes of at least 4 members (excludes halogenated alkanes) is 3. The third-order valence-electron chi connectivity index (χ3n) is 3.14. The number of rotatable bonds is 10. The van der Waals surface area contributed by atoms with Crippen LogP contribution in [0.25, 0.3) is 0 Å². The Morgan fingerprint density at radius 3 is 2.35 bits per heavy atom. The van der Waals surface area contributed by atoms with E-state index >= 15 is 0 Å². The van der Waals surface area contributed by atoms with Gasteiger partial charge in [-0.05, 0) is 38.3 Å².